The van der Waals surface area contributed by atoms with E-state index in [1.54, 1.807) is 18.2 Å². The third-order valence-corrected chi connectivity index (χ3v) is 2.03. The van der Waals surface area contributed by atoms with E-state index >= 15 is 0 Å². The average Bonchev–Trinajstić information content (AvgIpc) is 2.17. The molecule has 0 atom stereocenters. The summed E-state index contributed by atoms with van der Waals surface area (Å²) in [5.74, 6) is -0.648. The Kier molecular flexibility index (Phi) is 4.42. The topological polar surface area (TPSA) is 42.0 Å². The summed E-state index contributed by atoms with van der Waals surface area (Å²) >= 11 is 3.20. The molecule has 0 aliphatic carbocycles. The Morgan fingerprint density at radius 1 is 1.73 bits per heavy atom. The summed E-state index contributed by atoms with van der Waals surface area (Å²) in [7, 11) is 0. The molecule has 5 heteroatoms. The van der Waals surface area contributed by atoms with Gasteiger partial charge in [-0.15, -0.1) is 0 Å². The van der Waals surface area contributed by atoms with Gasteiger partial charge in [0, 0.05) is 29.7 Å². The van der Waals surface area contributed by atoms with Crippen molar-refractivity contribution in [1.29, 1.82) is 0 Å². The second kappa shape index (κ2) is 5.60. The molecule has 0 spiro atoms. The van der Waals surface area contributed by atoms with Crippen LogP contribution in [0, 0.1) is 5.95 Å². The molecule has 0 fully saturated rings. The van der Waals surface area contributed by atoms with Gasteiger partial charge in [-0.2, -0.15) is 4.39 Å². The fraction of sp³-hybridized carbons (Fsp3) is 0.200. The van der Waals surface area contributed by atoms with Gasteiger partial charge in [0.2, 0.25) is 11.9 Å². The summed E-state index contributed by atoms with van der Waals surface area (Å²) in [6, 6.07) is 1.62. The summed E-state index contributed by atoms with van der Waals surface area (Å²) in [6.45, 7) is 1.80. The highest BCUT2D eigenvalue weighted by Crippen LogP contribution is 2.13. The second-order valence-corrected chi connectivity index (χ2v) is 3.79. The van der Waals surface area contributed by atoms with Gasteiger partial charge in [-0.25, -0.2) is 4.98 Å². The molecule has 1 rings (SSSR count). The molecular weight excluding hydrogens is 263 g/mol. The highest BCUT2D eigenvalue weighted by molar-refractivity contribution is 9.10. The Labute approximate surface area is 95.5 Å². The predicted molar refractivity (Wildman–Crippen MR) is 59.6 cm³/mol. The van der Waals surface area contributed by atoms with Crippen molar-refractivity contribution < 1.29 is 9.18 Å². The first-order valence-electron chi connectivity index (χ1n) is 4.31. The van der Waals surface area contributed by atoms with Crippen LogP contribution in [0.4, 0.5) is 4.39 Å². The summed E-state index contributed by atoms with van der Waals surface area (Å²) in [4.78, 5) is 14.1. The molecule has 15 heavy (non-hydrogen) atoms. The summed E-state index contributed by atoms with van der Waals surface area (Å²) in [5, 5.41) is 2.57. The van der Waals surface area contributed by atoms with Crippen molar-refractivity contribution in [3.8, 4) is 0 Å². The largest absolute Gasteiger partial charge is 0.353 e. The van der Waals surface area contributed by atoms with Crippen LogP contribution in [0.15, 0.2) is 22.8 Å². The van der Waals surface area contributed by atoms with Gasteiger partial charge in [-0.1, -0.05) is 12.2 Å². The maximum Gasteiger partial charge on any atom is 0.220 e. The lowest BCUT2D eigenvalue weighted by atomic mass is 10.2. The molecule has 0 aromatic carbocycles. The van der Waals surface area contributed by atoms with Gasteiger partial charge in [0.1, 0.15) is 0 Å². The van der Waals surface area contributed by atoms with Gasteiger partial charge in [-0.3, -0.25) is 4.79 Å². The minimum atomic E-state index is -0.530. The summed E-state index contributed by atoms with van der Waals surface area (Å²) in [5.41, 5.74) is 0.384. The van der Waals surface area contributed by atoms with Crippen LogP contribution in [0.1, 0.15) is 12.5 Å². The van der Waals surface area contributed by atoms with Crippen molar-refractivity contribution >= 4 is 27.9 Å². The van der Waals surface area contributed by atoms with Gasteiger partial charge in [-0.05, 0) is 22.0 Å². The first-order valence-corrected chi connectivity index (χ1v) is 5.11. The zero-order chi connectivity index (χ0) is 11.3. The number of aromatic nitrogens is 1. The maximum absolute atomic E-state index is 13.1. The van der Waals surface area contributed by atoms with Crippen molar-refractivity contribution in [2.24, 2.45) is 0 Å². The molecule has 1 aromatic heterocycles. The monoisotopic (exact) mass is 272 g/mol. The van der Waals surface area contributed by atoms with E-state index in [-0.39, 0.29) is 5.91 Å². The normalized spacial score (nSPS) is 10.6. The van der Waals surface area contributed by atoms with Crippen LogP contribution in [0.5, 0.6) is 0 Å². The number of amides is 1. The Hall–Kier alpha value is -1.23. The molecule has 0 bridgehead atoms. The van der Waals surface area contributed by atoms with Crippen LogP contribution in [0.2, 0.25) is 0 Å². The first-order chi connectivity index (χ1) is 7.09. The molecule has 1 amide bonds. The van der Waals surface area contributed by atoms with Gasteiger partial charge >= 0.3 is 0 Å². The standard InChI is InChI=1S/C10H10BrFN2O/c1-7(15)13-4-2-3-8-5-9(11)6-14-10(8)12/h2-3,5-6H,4H2,1H3,(H,13,15). The third kappa shape index (κ3) is 4.20. The van der Waals surface area contributed by atoms with E-state index < -0.39 is 5.95 Å². The minimum Gasteiger partial charge on any atom is -0.353 e. The number of hydrogen-bond acceptors (Lipinski definition) is 2. The molecule has 80 valence electrons. The Bertz CT molecular complexity index is 393. The van der Waals surface area contributed by atoms with Crippen molar-refractivity contribution in [2.75, 3.05) is 6.54 Å². The van der Waals surface area contributed by atoms with Crippen molar-refractivity contribution in [2.45, 2.75) is 6.92 Å². The number of carbonyl (C=O) groups excluding carboxylic acids is 1. The quantitative estimate of drug-likeness (QED) is 0.857. The lowest BCUT2D eigenvalue weighted by Crippen LogP contribution is -2.19. The van der Waals surface area contributed by atoms with Crippen LogP contribution in [-0.4, -0.2) is 17.4 Å². The van der Waals surface area contributed by atoms with Crippen LogP contribution >= 0.6 is 15.9 Å². The Morgan fingerprint density at radius 2 is 2.47 bits per heavy atom. The number of carbonyl (C=O) groups is 1. The van der Waals surface area contributed by atoms with E-state index in [0.29, 0.717) is 16.6 Å². The van der Waals surface area contributed by atoms with Crippen LogP contribution in [0.25, 0.3) is 6.08 Å². The smallest absolute Gasteiger partial charge is 0.220 e. The number of pyridine rings is 1. The van der Waals surface area contributed by atoms with Crippen LogP contribution < -0.4 is 5.32 Å². The number of halogens is 2. The molecule has 1 N–H and O–H groups in total. The Balaban J connectivity index is 2.63. The summed E-state index contributed by atoms with van der Waals surface area (Å²) in [6.07, 6.45) is 4.62. The highest BCUT2D eigenvalue weighted by Gasteiger charge is 1.99. The second-order valence-electron chi connectivity index (χ2n) is 2.87. The predicted octanol–water partition coefficient (Wildman–Crippen LogP) is 2.13. The number of hydrogen-bond donors (Lipinski definition) is 1. The van der Waals surface area contributed by atoms with Crippen molar-refractivity contribution in [3.05, 3.63) is 34.3 Å². The molecule has 0 aliphatic heterocycles. The fourth-order valence-corrected chi connectivity index (χ4v) is 1.29. The highest BCUT2D eigenvalue weighted by atomic mass is 79.9. The fourth-order valence-electron chi connectivity index (χ4n) is 0.944. The molecule has 1 heterocycles. The van der Waals surface area contributed by atoms with Crippen LogP contribution in [0.3, 0.4) is 0 Å². The van der Waals surface area contributed by atoms with E-state index in [0.717, 1.165) is 0 Å². The van der Waals surface area contributed by atoms with Crippen molar-refractivity contribution in [3.63, 3.8) is 0 Å². The van der Waals surface area contributed by atoms with E-state index in [1.807, 2.05) is 0 Å². The molecule has 0 saturated heterocycles. The molecule has 0 radical (unpaired) electrons. The van der Waals surface area contributed by atoms with E-state index in [9.17, 15) is 9.18 Å². The van der Waals surface area contributed by atoms with Crippen LogP contribution in [-0.2, 0) is 4.79 Å². The lowest BCUT2D eigenvalue weighted by Gasteiger charge is -1.97. The lowest BCUT2D eigenvalue weighted by molar-refractivity contribution is -0.118. The van der Waals surface area contributed by atoms with Gasteiger partial charge in [0.05, 0.1) is 0 Å². The van der Waals surface area contributed by atoms with Gasteiger partial charge in [0.15, 0.2) is 0 Å². The zero-order valence-corrected chi connectivity index (χ0v) is 9.71. The van der Waals surface area contributed by atoms with Gasteiger partial charge < -0.3 is 5.32 Å². The molecular formula is C10H10BrFN2O. The van der Waals surface area contributed by atoms with Gasteiger partial charge in [0.25, 0.3) is 0 Å². The minimum absolute atomic E-state index is 0.118. The Morgan fingerprint density at radius 3 is 3.13 bits per heavy atom. The van der Waals surface area contributed by atoms with E-state index in [2.05, 4.69) is 26.2 Å². The molecule has 0 unspecified atom stereocenters. The summed E-state index contributed by atoms with van der Waals surface area (Å²) < 4.78 is 13.8. The third-order valence-electron chi connectivity index (χ3n) is 1.60. The zero-order valence-electron chi connectivity index (χ0n) is 8.13. The first kappa shape index (κ1) is 11.8. The molecule has 0 aliphatic rings. The average molecular weight is 273 g/mol. The number of nitrogens with one attached hydrogen (secondary N) is 1. The number of rotatable bonds is 3. The van der Waals surface area contributed by atoms with E-state index in [1.165, 1.54) is 13.1 Å². The molecule has 3 nitrogen and oxygen atoms in total. The molecule has 1 aromatic rings. The van der Waals surface area contributed by atoms with Crippen molar-refractivity contribution in [1.82, 2.24) is 10.3 Å². The SMILES string of the molecule is CC(=O)NCC=Cc1cc(Br)cnc1F. The maximum atomic E-state index is 13.1. The van der Waals surface area contributed by atoms with E-state index in [4.69, 9.17) is 0 Å². The molecule has 0 saturated carbocycles. The number of nitrogens with zero attached hydrogens (tertiary/aromatic N) is 1.